The molecular formula is C22H16ClN5O6. The predicted octanol–water partition coefficient (Wildman–Crippen LogP) is 3.29. The van der Waals surface area contributed by atoms with Crippen LogP contribution in [0.1, 0.15) is 15.9 Å². The number of halogens is 1. The molecule has 3 aromatic carbocycles. The first-order valence-corrected chi connectivity index (χ1v) is 9.90. The van der Waals surface area contributed by atoms with E-state index in [1.54, 1.807) is 36.4 Å². The zero-order valence-electron chi connectivity index (χ0n) is 17.2. The lowest BCUT2D eigenvalue weighted by atomic mass is 10.1. The quantitative estimate of drug-likeness (QED) is 0.182. The third-order valence-electron chi connectivity index (χ3n) is 4.32. The monoisotopic (exact) mass is 481 g/mol. The van der Waals surface area contributed by atoms with E-state index in [0.717, 1.165) is 24.4 Å². The van der Waals surface area contributed by atoms with Gasteiger partial charge in [0.2, 0.25) is 0 Å². The molecule has 0 aromatic heterocycles. The van der Waals surface area contributed by atoms with Crippen LogP contribution in [0.4, 0.5) is 17.1 Å². The lowest BCUT2D eigenvalue weighted by molar-refractivity contribution is -0.384. The summed E-state index contributed by atoms with van der Waals surface area (Å²) in [5, 5.41) is 29.6. The number of carbonyl (C=O) groups excluding carboxylic acids is 3. The van der Waals surface area contributed by atoms with E-state index in [1.807, 2.05) is 5.43 Å². The van der Waals surface area contributed by atoms with Gasteiger partial charge >= 0.3 is 11.8 Å². The van der Waals surface area contributed by atoms with Crippen LogP contribution in [0.15, 0.2) is 71.8 Å². The number of phenols is 1. The number of hydrogen-bond donors (Lipinski definition) is 4. The number of hydrogen-bond acceptors (Lipinski definition) is 7. The highest BCUT2D eigenvalue weighted by Crippen LogP contribution is 2.21. The molecule has 11 nitrogen and oxygen atoms in total. The number of aromatic hydroxyl groups is 1. The molecule has 12 heteroatoms. The summed E-state index contributed by atoms with van der Waals surface area (Å²) in [7, 11) is 0. The van der Waals surface area contributed by atoms with Crippen molar-refractivity contribution in [2.75, 3.05) is 10.6 Å². The Morgan fingerprint density at radius 1 is 0.971 bits per heavy atom. The summed E-state index contributed by atoms with van der Waals surface area (Å²) in [6.07, 6.45) is 0.945. The van der Waals surface area contributed by atoms with Crippen LogP contribution in [-0.2, 0) is 9.59 Å². The van der Waals surface area contributed by atoms with Crippen molar-refractivity contribution in [2.45, 2.75) is 0 Å². The first-order valence-electron chi connectivity index (χ1n) is 9.52. The van der Waals surface area contributed by atoms with Gasteiger partial charge in [-0.2, -0.15) is 5.10 Å². The van der Waals surface area contributed by atoms with Crippen molar-refractivity contribution in [2.24, 2.45) is 5.10 Å². The van der Waals surface area contributed by atoms with E-state index in [-0.39, 0.29) is 28.3 Å². The molecular weight excluding hydrogens is 466 g/mol. The molecule has 34 heavy (non-hydrogen) atoms. The average molecular weight is 482 g/mol. The molecule has 3 rings (SSSR count). The van der Waals surface area contributed by atoms with Crippen molar-refractivity contribution in [1.29, 1.82) is 0 Å². The van der Waals surface area contributed by atoms with Crippen molar-refractivity contribution in [3.05, 3.63) is 93.0 Å². The lowest BCUT2D eigenvalue weighted by Crippen LogP contribution is -2.33. The fourth-order valence-electron chi connectivity index (χ4n) is 2.67. The fourth-order valence-corrected chi connectivity index (χ4v) is 2.80. The normalized spacial score (nSPS) is 10.5. The molecule has 0 aliphatic heterocycles. The van der Waals surface area contributed by atoms with Gasteiger partial charge in [-0.1, -0.05) is 23.7 Å². The van der Waals surface area contributed by atoms with Gasteiger partial charge in [0, 0.05) is 28.4 Å². The molecule has 3 aromatic rings. The molecule has 0 heterocycles. The van der Waals surface area contributed by atoms with E-state index in [1.165, 1.54) is 12.1 Å². The molecule has 3 amide bonds. The SMILES string of the molecule is O=C(N/N=C\c1cc([N+](=O)[O-])ccc1O)C(=O)Nc1ccccc1C(=O)Nc1ccc(Cl)cc1. The fraction of sp³-hybridized carbons (Fsp3) is 0. The van der Waals surface area contributed by atoms with Gasteiger partial charge in [0.15, 0.2) is 0 Å². The number of carbonyl (C=O) groups is 3. The van der Waals surface area contributed by atoms with Crippen LogP contribution >= 0.6 is 11.6 Å². The molecule has 172 valence electrons. The summed E-state index contributed by atoms with van der Waals surface area (Å²) in [4.78, 5) is 47.1. The number of hydrazone groups is 1. The molecule has 0 aliphatic rings. The largest absolute Gasteiger partial charge is 0.507 e. The number of rotatable bonds is 6. The average Bonchev–Trinajstić information content (AvgIpc) is 2.81. The summed E-state index contributed by atoms with van der Waals surface area (Å²) < 4.78 is 0. The van der Waals surface area contributed by atoms with Gasteiger partial charge in [-0.3, -0.25) is 24.5 Å². The van der Waals surface area contributed by atoms with E-state index in [0.29, 0.717) is 10.7 Å². The molecule has 0 bridgehead atoms. The highest BCUT2D eigenvalue weighted by Gasteiger charge is 2.18. The van der Waals surface area contributed by atoms with Crippen molar-refractivity contribution < 1.29 is 24.4 Å². The van der Waals surface area contributed by atoms with Crippen molar-refractivity contribution >= 4 is 52.6 Å². The van der Waals surface area contributed by atoms with Gasteiger partial charge in [0.25, 0.3) is 11.6 Å². The maximum atomic E-state index is 12.6. The Morgan fingerprint density at radius 3 is 2.38 bits per heavy atom. The second-order valence-corrected chi connectivity index (χ2v) is 7.10. The van der Waals surface area contributed by atoms with Crippen LogP contribution in [0.5, 0.6) is 5.75 Å². The minimum atomic E-state index is -1.17. The topological polar surface area (TPSA) is 163 Å². The number of nitro groups is 1. The Balaban J connectivity index is 1.65. The number of non-ortho nitro benzene ring substituents is 1. The number of phenolic OH excluding ortho intramolecular Hbond substituents is 1. The second-order valence-electron chi connectivity index (χ2n) is 6.66. The Hall–Kier alpha value is -4.77. The standard InChI is InChI=1S/C22H16ClN5O6/c23-14-5-7-15(8-6-14)25-20(30)17-3-1-2-4-18(17)26-21(31)22(32)27-24-12-13-11-16(28(33)34)9-10-19(13)29/h1-12,29H,(H,25,30)(H,26,31)(H,27,32)/b24-12-. The molecule has 4 N–H and O–H groups in total. The predicted molar refractivity (Wildman–Crippen MR) is 125 cm³/mol. The molecule has 0 unspecified atom stereocenters. The van der Waals surface area contributed by atoms with Gasteiger partial charge in [-0.05, 0) is 42.5 Å². The minimum absolute atomic E-state index is 0.0425. The van der Waals surface area contributed by atoms with E-state index in [9.17, 15) is 29.6 Å². The number of nitrogens with zero attached hydrogens (tertiary/aromatic N) is 2. The van der Waals surface area contributed by atoms with E-state index in [2.05, 4.69) is 15.7 Å². The van der Waals surface area contributed by atoms with Gasteiger partial charge in [0.05, 0.1) is 22.4 Å². The summed E-state index contributed by atoms with van der Waals surface area (Å²) in [6, 6.07) is 15.7. The van der Waals surface area contributed by atoms with Crippen molar-refractivity contribution in [3.8, 4) is 5.75 Å². The van der Waals surface area contributed by atoms with Crippen LogP contribution in [0, 0.1) is 10.1 Å². The van der Waals surface area contributed by atoms with Crippen molar-refractivity contribution in [1.82, 2.24) is 5.43 Å². The molecule has 0 saturated heterocycles. The molecule has 0 spiro atoms. The van der Waals surface area contributed by atoms with Gasteiger partial charge in [0.1, 0.15) is 5.75 Å². The minimum Gasteiger partial charge on any atom is -0.507 e. The third-order valence-corrected chi connectivity index (χ3v) is 4.57. The zero-order valence-corrected chi connectivity index (χ0v) is 17.9. The summed E-state index contributed by atoms with van der Waals surface area (Å²) in [6.45, 7) is 0. The number of benzene rings is 3. The zero-order chi connectivity index (χ0) is 24.7. The summed E-state index contributed by atoms with van der Waals surface area (Å²) >= 11 is 5.83. The number of nitrogens with one attached hydrogen (secondary N) is 3. The molecule has 0 saturated carbocycles. The molecule has 0 fully saturated rings. The molecule has 0 atom stereocenters. The lowest BCUT2D eigenvalue weighted by Gasteiger charge is -2.11. The highest BCUT2D eigenvalue weighted by molar-refractivity contribution is 6.40. The van der Waals surface area contributed by atoms with Gasteiger partial charge in [-0.25, -0.2) is 5.43 Å². The summed E-state index contributed by atoms with van der Waals surface area (Å²) in [5.41, 5.74) is 2.27. The Kier molecular flexibility index (Phi) is 7.52. The van der Waals surface area contributed by atoms with Crippen LogP contribution in [0.3, 0.4) is 0 Å². The van der Waals surface area contributed by atoms with Crippen LogP contribution < -0.4 is 16.1 Å². The maximum Gasteiger partial charge on any atom is 0.329 e. The van der Waals surface area contributed by atoms with Crippen molar-refractivity contribution in [3.63, 3.8) is 0 Å². The van der Waals surface area contributed by atoms with Gasteiger partial charge in [-0.15, -0.1) is 0 Å². The van der Waals surface area contributed by atoms with E-state index < -0.39 is 22.6 Å². The Morgan fingerprint density at radius 2 is 1.68 bits per heavy atom. The number of nitro benzene ring substituents is 1. The van der Waals surface area contributed by atoms with Crippen LogP contribution in [0.25, 0.3) is 0 Å². The number of amides is 3. The second kappa shape index (κ2) is 10.7. The number of anilines is 2. The first kappa shape index (κ1) is 23.9. The van der Waals surface area contributed by atoms with Crippen LogP contribution in [0.2, 0.25) is 5.02 Å². The van der Waals surface area contributed by atoms with E-state index in [4.69, 9.17) is 11.6 Å². The molecule has 0 radical (unpaired) electrons. The van der Waals surface area contributed by atoms with Gasteiger partial charge < -0.3 is 15.7 Å². The smallest absolute Gasteiger partial charge is 0.329 e. The highest BCUT2D eigenvalue weighted by atomic mass is 35.5. The third kappa shape index (κ3) is 6.14. The Bertz CT molecular complexity index is 1290. The maximum absolute atomic E-state index is 12.6. The van der Waals surface area contributed by atoms with E-state index >= 15 is 0 Å². The number of para-hydroxylation sites is 1. The Labute approximate surface area is 197 Å². The first-order chi connectivity index (χ1) is 16.2. The van der Waals surface area contributed by atoms with Crippen LogP contribution in [-0.4, -0.2) is 34.0 Å². The molecule has 0 aliphatic carbocycles. The summed E-state index contributed by atoms with van der Waals surface area (Å²) in [5.74, 6) is -3.13.